The molecule has 0 saturated carbocycles. The summed E-state index contributed by atoms with van der Waals surface area (Å²) in [5.74, 6) is 4.47. The topological polar surface area (TPSA) is 38.0 Å². The summed E-state index contributed by atoms with van der Waals surface area (Å²) < 4.78 is 26.0. The van der Waals surface area contributed by atoms with Crippen molar-refractivity contribution in [1.29, 1.82) is 0 Å². The number of nitrogens with one attached hydrogen (secondary N) is 1. The lowest BCUT2D eigenvalue weighted by Gasteiger charge is -2.10. The van der Waals surface area contributed by atoms with Crippen molar-refractivity contribution in [1.82, 2.24) is 5.43 Å². The van der Waals surface area contributed by atoms with Gasteiger partial charge in [0.1, 0.15) is 11.6 Å². The third-order valence-electron chi connectivity index (χ3n) is 3.07. The summed E-state index contributed by atoms with van der Waals surface area (Å²) in [5, 5.41) is 0.469. The summed E-state index contributed by atoms with van der Waals surface area (Å²) in [6, 6.07) is 8.78. The molecule has 0 radical (unpaired) electrons. The Balaban J connectivity index is 0.000000425. The lowest BCUT2D eigenvalue weighted by atomic mass is 10.1. The van der Waals surface area contributed by atoms with Gasteiger partial charge in [0.05, 0.1) is 5.38 Å². The van der Waals surface area contributed by atoms with Crippen molar-refractivity contribution in [3.8, 4) is 0 Å². The van der Waals surface area contributed by atoms with E-state index in [0.717, 1.165) is 0 Å². The molecule has 2 rings (SSSR count). The first kappa shape index (κ1) is 23.4. The monoisotopic (exact) mass is 416 g/mol. The highest BCUT2D eigenvalue weighted by Gasteiger charge is 2.09. The van der Waals surface area contributed by atoms with Gasteiger partial charge in [0.25, 0.3) is 0 Å². The van der Waals surface area contributed by atoms with E-state index in [1.54, 1.807) is 38.1 Å². The van der Waals surface area contributed by atoms with Gasteiger partial charge in [0.15, 0.2) is 0 Å². The molecule has 2 unspecified atom stereocenters. The van der Waals surface area contributed by atoms with Gasteiger partial charge in [-0.25, -0.2) is 8.78 Å². The predicted molar refractivity (Wildman–Crippen MR) is 100 cm³/mol. The molecule has 0 aliphatic heterocycles. The number of rotatable bonds is 3. The van der Waals surface area contributed by atoms with Crippen LogP contribution in [0.5, 0.6) is 0 Å². The molecule has 2 aromatic rings. The van der Waals surface area contributed by atoms with Gasteiger partial charge in [-0.15, -0.1) is 24.0 Å². The highest BCUT2D eigenvalue weighted by Crippen LogP contribution is 2.24. The molecule has 3 N–H and O–H groups in total. The molecule has 0 aromatic heterocycles. The van der Waals surface area contributed by atoms with E-state index in [9.17, 15) is 8.78 Å². The first-order valence-electron chi connectivity index (χ1n) is 6.76. The molecule has 0 heterocycles. The Hall–Kier alpha value is -0.620. The summed E-state index contributed by atoms with van der Waals surface area (Å²) >= 11 is 16.8. The van der Waals surface area contributed by atoms with E-state index < -0.39 is 0 Å². The van der Waals surface area contributed by atoms with Crippen molar-refractivity contribution in [2.75, 3.05) is 0 Å². The normalized spacial score (nSPS) is 12.5. The molecule has 0 saturated heterocycles. The number of hydrogen-bond acceptors (Lipinski definition) is 2. The first-order chi connectivity index (χ1) is 10.8. The third kappa shape index (κ3) is 7.09. The van der Waals surface area contributed by atoms with Gasteiger partial charge < -0.3 is 0 Å². The SMILES string of the molecule is CC(Cl)c1ccc(Cl)cc1F.CC(NN)c1ccc(Cl)cc1F.Cl. The van der Waals surface area contributed by atoms with E-state index in [1.165, 1.54) is 12.1 Å². The van der Waals surface area contributed by atoms with Crippen molar-refractivity contribution in [2.24, 2.45) is 5.84 Å². The molecule has 24 heavy (non-hydrogen) atoms. The summed E-state index contributed by atoms with van der Waals surface area (Å²) in [6.07, 6.45) is 0. The zero-order valence-corrected chi connectivity index (χ0v) is 16.1. The van der Waals surface area contributed by atoms with Gasteiger partial charge in [-0.2, -0.15) is 0 Å². The van der Waals surface area contributed by atoms with Crippen LogP contribution in [0, 0.1) is 11.6 Å². The average molecular weight is 418 g/mol. The summed E-state index contributed by atoms with van der Waals surface area (Å²) in [5.41, 5.74) is 3.46. The molecular formula is C16H18Cl4F2N2. The minimum Gasteiger partial charge on any atom is -0.271 e. The maximum Gasteiger partial charge on any atom is 0.129 e. The van der Waals surface area contributed by atoms with E-state index in [2.05, 4.69) is 5.43 Å². The Labute approximate surface area is 161 Å². The second-order valence-corrected chi connectivity index (χ2v) is 6.36. The van der Waals surface area contributed by atoms with E-state index in [-0.39, 0.29) is 35.5 Å². The fourth-order valence-electron chi connectivity index (χ4n) is 1.77. The fourth-order valence-corrected chi connectivity index (χ4v) is 2.26. The number of nitrogens with two attached hydrogens (primary N) is 1. The van der Waals surface area contributed by atoms with Gasteiger partial charge >= 0.3 is 0 Å². The van der Waals surface area contributed by atoms with Crippen molar-refractivity contribution in [2.45, 2.75) is 25.3 Å². The van der Waals surface area contributed by atoms with Crippen LogP contribution < -0.4 is 11.3 Å². The molecule has 2 atom stereocenters. The quantitative estimate of drug-likeness (QED) is 0.354. The number of benzene rings is 2. The lowest BCUT2D eigenvalue weighted by molar-refractivity contribution is 0.542. The Morgan fingerprint density at radius 1 is 0.917 bits per heavy atom. The van der Waals surface area contributed by atoms with Crippen LogP contribution in [0.3, 0.4) is 0 Å². The fraction of sp³-hybridized carbons (Fsp3) is 0.250. The van der Waals surface area contributed by atoms with Crippen molar-refractivity contribution < 1.29 is 8.78 Å². The van der Waals surface area contributed by atoms with Crippen LogP contribution in [-0.4, -0.2) is 0 Å². The number of hydrogen-bond donors (Lipinski definition) is 2. The van der Waals surface area contributed by atoms with Crippen LogP contribution in [0.2, 0.25) is 10.0 Å². The number of hydrazine groups is 1. The molecule has 0 bridgehead atoms. The number of alkyl halides is 1. The summed E-state index contributed by atoms with van der Waals surface area (Å²) in [7, 11) is 0. The van der Waals surface area contributed by atoms with Crippen LogP contribution >= 0.6 is 47.2 Å². The van der Waals surface area contributed by atoms with Crippen LogP contribution in [0.4, 0.5) is 8.78 Å². The van der Waals surface area contributed by atoms with Crippen molar-refractivity contribution >= 4 is 47.2 Å². The molecule has 0 amide bonds. The molecule has 8 heteroatoms. The van der Waals surface area contributed by atoms with Gasteiger partial charge in [-0.3, -0.25) is 11.3 Å². The van der Waals surface area contributed by atoms with Crippen LogP contribution in [0.15, 0.2) is 36.4 Å². The van der Waals surface area contributed by atoms with E-state index in [0.29, 0.717) is 21.2 Å². The highest BCUT2D eigenvalue weighted by atomic mass is 35.5. The van der Waals surface area contributed by atoms with Crippen molar-refractivity contribution in [3.63, 3.8) is 0 Å². The van der Waals surface area contributed by atoms with Crippen molar-refractivity contribution in [3.05, 3.63) is 69.2 Å². The molecule has 0 aliphatic rings. The highest BCUT2D eigenvalue weighted by molar-refractivity contribution is 6.30. The predicted octanol–water partition coefficient (Wildman–Crippen LogP) is 6.20. The second kappa shape index (κ2) is 11.1. The Morgan fingerprint density at radius 3 is 1.67 bits per heavy atom. The van der Waals surface area contributed by atoms with Gasteiger partial charge in [0, 0.05) is 27.2 Å². The Morgan fingerprint density at radius 2 is 1.33 bits per heavy atom. The van der Waals surface area contributed by atoms with E-state index >= 15 is 0 Å². The molecular weight excluding hydrogens is 400 g/mol. The Kier molecular flexibility index (Phi) is 10.8. The number of halogens is 6. The van der Waals surface area contributed by atoms with Gasteiger partial charge in [-0.1, -0.05) is 35.3 Å². The second-order valence-electron chi connectivity index (χ2n) is 4.84. The molecule has 0 aliphatic carbocycles. The van der Waals surface area contributed by atoms with Crippen LogP contribution in [0.25, 0.3) is 0 Å². The molecule has 134 valence electrons. The molecule has 2 aromatic carbocycles. The third-order valence-corrected chi connectivity index (χ3v) is 3.78. The lowest BCUT2D eigenvalue weighted by Crippen LogP contribution is -2.26. The van der Waals surface area contributed by atoms with Gasteiger partial charge in [-0.05, 0) is 38.1 Å². The smallest absolute Gasteiger partial charge is 0.129 e. The van der Waals surface area contributed by atoms with Gasteiger partial charge in [0.2, 0.25) is 0 Å². The zero-order valence-electron chi connectivity index (χ0n) is 13.0. The van der Waals surface area contributed by atoms with E-state index in [1.807, 2.05) is 0 Å². The molecule has 2 nitrogen and oxygen atoms in total. The average Bonchev–Trinajstić information content (AvgIpc) is 2.46. The molecule has 0 spiro atoms. The first-order valence-corrected chi connectivity index (χ1v) is 7.95. The standard InChI is InChI=1S/C8H7Cl2F.C8H10ClFN2.ClH/c1-5(9)7-3-2-6(10)4-8(7)11;1-5(12-11)7-3-2-6(9)4-8(7)10;/h2-5H,1H3;2-5,12H,11H2,1H3;1H. The minimum atomic E-state index is -0.347. The summed E-state index contributed by atoms with van der Waals surface area (Å²) in [4.78, 5) is 0. The maximum atomic E-state index is 13.1. The summed E-state index contributed by atoms with van der Waals surface area (Å²) in [6.45, 7) is 3.49. The molecule has 0 fully saturated rings. The zero-order chi connectivity index (χ0) is 17.6. The minimum absolute atomic E-state index is 0. The van der Waals surface area contributed by atoms with Crippen LogP contribution in [0.1, 0.15) is 36.4 Å². The largest absolute Gasteiger partial charge is 0.271 e. The Bertz CT molecular complexity index is 654. The van der Waals surface area contributed by atoms with Crippen LogP contribution in [-0.2, 0) is 0 Å². The van der Waals surface area contributed by atoms with E-state index in [4.69, 9.17) is 40.6 Å². The maximum absolute atomic E-state index is 13.1.